The number of sulfonamides is 1. The van der Waals surface area contributed by atoms with E-state index in [0.717, 1.165) is 11.1 Å². The third-order valence-corrected chi connectivity index (χ3v) is 5.12. The maximum atomic E-state index is 12.6. The Morgan fingerprint density at radius 1 is 1.27 bits per heavy atom. The zero-order chi connectivity index (χ0) is 16.9. The lowest BCUT2D eigenvalue weighted by atomic mass is 9.98. The van der Waals surface area contributed by atoms with Crippen LogP contribution in [0.4, 0.5) is 0 Å². The summed E-state index contributed by atoms with van der Waals surface area (Å²) in [6, 6.07) is 2.95. The third-order valence-electron chi connectivity index (χ3n) is 3.58. The molecule has 0 aromatic heterocycles. The van der Waals surface area contributed by atoms with Crippen LogP contribution in [0.15, 0.2) is 17.0 Å². The van der Waals surface area contributed by atoms with Crippen LogP contribution in [0.3, 0.4) is 0 Å². The van der Waals surface area contributed by atoms with E-state index >= 15 is 0 Å². The molecule has 0 saturated heterocycles. The summed E-state index contributed by atoms with van der Waals surface area (Å²) in [5, 5.41) is 9.24. The van der Waals surface area contributed by atoms with Crippen molar-refractivity contribution >= 4 is 10.0 Å². The molecule has 0 radical (unpaired) electrons. The van der Waals surface area contributed by atoms with Gasteiger partial charge in [-0.15, -0.1) is 0 Å². The Morgan fingerprint density at radius 2 is 1.91 bits per heavy atom. The molecule has 1 rings (SSSR count). The van der Waals surface area contributed by atoms with E-state index in [9.17, 15) is 13.5 Å². The van der Waals surface area contributed by atoms with E-state index in [2.05, 4.69) is 4.72 Å². The summed E-state index contributed by atoms with van der Waals surface area (Å²) in [4.78, 5) is 0.135. The fourth-order valence-electron chi connectivity index (χ4n) is 2.31. The Balaban J connectivity index is 3.38. The van der Waals surface area contributed by atoms with Crippen LogP contribution in [-0.4, -0.2) is 32.8 Å². The van der Waals surface area contributed by atoms with Crippen LogP contribution >= 0.6 is 0 Å². The van der Waals surface area contributed by atoms with Crippen LogP contribution in [0.25, 0.3) is 0 Å². The van der Waals surface area contributed by atoms with Crippen molar-refractivity contribution in [2.24, 2.45) is 0 Å². The van der Waals surface area contributed by atoms with Gasteiger partial charge in [-0.25, -0.2) is 13.1 Å². The summed E-state index contributed by atoms with van der Waals surface area (Å²) in [5.74, 6) is 0.564. The van der Waals surface area contributed by atoms with Crippen molar-refractivity contribution in [1.82, 2.24) is 4.72 Å². The highest BCUT2D eigenvalue weighted by atomic mass is 32.2. The molecule has 1 atom stereocenters. The first-order valence-electron chi connectivity index (χ1n) is 7.67. The van der Waals surface area contributed by atoms with Gasteiger partial charge < -0.3 is 9.84 Å². The average Bonchev–Trinajstić information content (AvgIpc) is 2.44. The van der Waals surface area contributed by atoms with Crippen LogP contribution in [-0.2, 0) is 10.0 Å². The summed E-state index contributed by atoms with van der Waals surface area (Å²) in [5.41, 5.74) is 1.98. The Morgan fingerprint density at radius 3 is 2.36 bits per heavy atom. The maximum Gasteiger partial charge on any atom is 0.244 e. The van der Waals surface area contributed by atoms with Crippen molar-refractivity contribution in [3.8, 4) is 5.75 Å². The minimum absolute atomic E-state index is 0.135. The molecule has 0 heterocycles. The summed E-state index contributed by atoms with van der Waals surface area (Å²) in [6.07, 6.45) is 0.516. The predicted octanol–water partition coefficient (Wildman–Crippen LogP) is 2.57. The number of aliphatic hydroxyl groups is 1. The largest absolute Gasteiger partial charge is 0.492 e. The van der Waals surface area contributed by atoms with Crippen molar-refractivity contribution in [2.45, 2.75) is 57.9 Å². The Hall–Kier alpha value is -1.11. The summed E-state index contributed by atoms with van der Waals surface area (Å²) in [6.45, 7) is 9.79. The molecule has 2 N–H and O–H groups in total. The molecule has 1 aromatic carbocycles. The van der Waals surface area contributed by atoms with Crippen molar-refractivity contribution < 1.29 is 18.3 Å². The lowest BCUT2D eigenvalue weighted by Crippen LogP contribution is -2.37. The lowest BCUT2D eigenvalue weighted by Gasteiger charge is -2.19. The summed E-state index contributed by atoms with van der Waals surface area (Å²) in [7, 11) is -3.74. The monoisotopic (exact) mass is 329 g/mol. The van der Waals surface area contributed by atoms with Crippen LogP contribution in [0.1, 0.15) is 51.2 Å². The molecule has 6 heteroatoms. The molecule has 0 fully saturated rings. The molecular weight excluding hydrogens is 302 g/mol. The van der Waals surface area contributed by atoms with Gasteiger partial charge >= 0.3 is 0 Å². The van der Waals surface area contributed by atoms with Crippen molar-refractivity contribution in [3.63, 3.8) is 0 Å². The van der Waals surface area contributed by atoms with Gasteiger partial charge in [-0.1, -0.05) is 20.8 Å². The molecule has 5 nitrogen and oxygen atoms in total. The Kier molecular flexibility index (Phi) is 6.84. The molecule has 0 saturated carbocycles. The molecule has 0 aliphatic heterocycles. The maximum absolute atomic E-state index is 12.6. The molecule has 0 aliphatic carbocycles. The van der Waals surface area contributed by atoms with E-state index in [0.29, 0.717) is 18.8 Å². The van der Waals surface area contributed by atoms with Crippen LogP contribution < -0.4 is 9.46 Å². The van der Waals surface area contributed by atoms with Gasteiger partial charge in [0.2, 0.25) is 10.0 Å². The topological polar surface area (TPSA) is 75.6 Å². The fraction of sp³-hybridized carbons (Fsp3) is 0.625. The highest BCUT2D eigenvalue weighted by molar-refractivity contribution is 7.89. The molecule has 0 unspecified atom stereocenters. The first-order chi connectivity index (χ1) is 10.3. The lowest BCUT2D eigenvalue weighted by molar-refractivity contribution is 0.253. The second kappa shape index (κ2) is 7.94. The number of hydrogen-bond acceptors (Lipinski definition) is 4. The predicted molar refractivity (Wildman–Crippen MR) is 87.9 cm³/mol. The molecule has 22 heavy (non-hydrogen) atoms. The van der Waals surface area contributed by atoms with Crippen molar-refractivity contribution in [3.05, 3.63) is 23.3 Å². The fourth-order valence-corrected chi connectivity index (χ4v) is 3.78. The van der Waals surface area contributed by atoms with Gasteiger partial charge in [0, 0.05) is 6.04 Å². The number of nitrogens with one attached hydrogen (secondary N) is 1. The van der Waals surface area contributed by atoms with Gasteiger partial charge in [0.15, 0.2) is 0 Å². The van der Waals surface area contributed by atoms with Crippen LogP contribution in [0, 0.1) is 6.92 Å². The smallest absolute Gasteiger partial charge is 0.244 e. The zero-order valence-electron chi connectivity index (χ0n) is 14.0. The molecule has 0 spiro atoms. The number of aryl methyl sites for hydroxylation is 1. The standard InChI is InChI=1S/C16H27NO4S/c1-6-13(10-18)17-22(19,20)16-9-14(11(3)4)12(5)8-15(16)21-7-2/h8-9,11,13,17-18H,6-7,10H2,1-5H3/t13-/m1/s1. The van der Waals surface area contributed by atoms with Crippen LogP contribution in [0.2, 0.25) is 0 Å². The van der Waals surface area contributed by atoms with E-state index in [1.54, 1.807) is 12.1 Å². The van der Waals surface area contributed by atoms with E-state index in [1.165, 1.54) is 0 Å². The average molecular weight is 329 g/mol. The normalized spacial score (nSPS) is 13.4. The first-order valence-corrected chi connectivity index (χ1v) is 9.15. The van der Waals surface area contributed by atoms with Crippen molar-refractivity contribution in [1.29, 1.82) is 0 Å². The minimum Gasteiger partial charge on any atom is -0.492 e. The Labute approximate surface area is 133 Å². The quantitative estimate of drug-likeness (QED) is 0.768. The number of ether oxygens (including phenoxy) is 1. The van der Waals surface area contributed by atoms with Gasteiger partial charge in [-0.05, 0) is 49.4 Å². The summed E-state index contributed by atoms with van der Waals surface area (Å²) >= 11 is 0. The Bertz CT molecular complexity index is 592. The zero-order valence-corrected chi connectivity index (χ0v) is 14.8. The van der Waals surface area contributed by atoms with E-state index in [4.69, 9.17) is 4.74 Å². The van der Waals surface area contributed by atoms with Crippen LogP contribution in [0.5, 0.6) is 5.75 Å². The molecule has 126 valence electrons. The first kappa shape index (κ1) is 18.9. The number of hydrogen-bond donors (Lipinski definition) is 2. The molecule has 0 bridgehead atoms. The third kappa shape index (κ3) is 4.44. The number of rotatable bonds is 8. The second-order valence-electron chi connectivity index (χ2n) is 5.65. The number of aliphatic hydroxyl groups excluding tert-OH is 1. The highest BCUT2D eigenvalue weighted by Gasteiger charge is 2.24. The molecule has 1 aromatic rings. The molecule has 0 aliphatic rings. The number of benzene rings is 1. The highest BCUT2D eigenvalue weighted by Crippen LogP contribution is 2.31. The van der Waals surface area contributed by atoms with Gasteiger partial charge in [0.25, 0.3) is 0 Å². The van der Waals surface area contributed by atoms with Gasteiger partial charge in [0.05, 0.1) is 13.2 Å². The van der Waals surface area contributed by atoms with Gasteiger partial charge in [-0.2, -0.15) is 0 Å². The SMILES string of the molecule is CCOc1cc(C)c(C(C)C)cc1S(=O)(=O)N[C@H](CC)CO. The minimum atomic E-state index is -3.74. The van der Waals surface area contributed by atoms with Gasteiger partial charge in [0.1, 0.15) is 10.6 Å². The van der Waals surface area contributed by atoms with E-state index in [1.807, 2.05) is 34.6 Å². The molecular formula is C16H27NO4S. The summed E-state index contributed by atoms with van der Waals surface area (Å²) < 4.78 is 33.3. The van der Waals surface area contributed by atoms with E-state index in [-0.39, 0.29) is 17.4 Å². The molecule has 0 amide bonds. The van der Waals surface area contributed by atoms with Gasteiger partial charge in [-0.3, -0.25) is 0 Å². The van der Waals surface area contributed by atoms with E-state index < -0.39 is 16.1 Å². The van der Waals surface area contributed by atoms with Crippen molar-refractivity contribution in [2.75, 3.05) is 13.2 Å². The second-order valence-corrected chi connectivity index (χ2v) is 7.33.